The number of aryl methyl sites for hydroxylation is 1. The highest BCUT2D eigenvalue weighted by atomic mass is 19.1. The zero-order valence-electron chi connectivity index (χ0n) is 14.2. The molecule has 0 spiro atoms. The summed E-state index contributed by atoms with van der Waals surface area (Å²) in [4.78, 5) is 12.7. The van der Waals surface area contributed by atoms with Gasteiger partial charge >= 0.3 is 5.69 Å². The molecule has 0 radical (unpaired) electrons. The van der Waals surface area contributed by atoms with Gasteiger partial charge in [-0.3, -0.25) is 4.57 Å². The zero-order chi connectivity index (χ0) is 18.7. The second-order valence-corrected chi connectivity index (χ2v) is 6.08. The molecule has 1 aliphatic rings. The number of hydrogen-bond donors (Lipinski definition) is 0. The maximum absolute atomic E-state index is 13.6. The number of ether oxygens (including phenoxy) is 1. The van der Waals surface area contributed by atoms with E-state index in [1.165, 1.54) is 21.4 Å². The van der Waals surface area contributed by atoms with E-state index in [-0.39, 0.29) is 31.4 Å². The zero-order valence-corrected chi connectivity index (χ0v) is 14.2. The van der Waals surface area contributed by atoms with Crippen LogP contribution >= 0.6 is 0 Å². The van der Waals surface area contributed by atoms with Gasteiger partial charge in [-0.25, -0.2) is 18.3 Å². The van der Waals surface area contributed by atoms with Crippen LogP contribution in [-0.4, -0.2) is 21.0 Å². The summed E-state index contributed by atoms with van der Waals surface area (Å²) in [5.41, 5.74) is -0.0657. The van der Waals surface area contributed by atoms with Gasteiger partial charge in [-0.05, 0) is 31.0 Å². The van der Waals surface area contributed by atoms with Gasteiger partial charge in [-0.2, -0.15) is 10.4 Å². The molecule has 0 aliphatic carbocycles. The van der Waals surface area contributed by atoms with Crippen LogP contribution in [-0.2, 0) is 17.9 Å². The second kappa shape index (κ2) is 7.62. The Morgan fingerprint density at radius 1 is 1.42 bits per heavy atom. The Kier molecular flexibility index (Phi) is 5.28. The maximum Gasteiger partial charge on any atom is 0.346 e. The van der Waals surface area contributed by atoms with Gasteiger partial charge < -0.3 is 4.74 Å². The van der Waals surface area contributed by atoms with Crippen molar-refractivity contribution in [3.8, 4) is 6.07 Å². The molecule has 136 valence electrons. The number of nitriles is 1. The van der Waals surface area contributed by atoms with E-state index >= 15 is 0 Å². The fraction of sp³-hybridized carbons (Fsp3) is 0.389. The minimum atomic E-state index is -0.712. The summed E-state index contributed by atoms with van der Waals surface area (Å²) < 4.78 is 35.3. The number of nitrogens with zero attached hydrogens (tertiary/aromatic N) is 4. The Bertz CT molecular complexity index is 906. The molecule has 0 saturated carbocycles. The van der Waals surface area contributed by atoms with Crippen molar-refractivity contribution >= 4 is 0 Å². The maximum atomic E-state index is 13.6. The van der Waals surface area contributed by atoms with Crippen molar-refractivity contribution in [2.75, 3.05) is 6.61 Å². The molecule has 3 rings (SSSR count). The topological polar surface area (TPSA) is 72.8 Å². The fourth-order valence-electron chi connectivity index (χ4n) is 3.07. The van der Waals surface area contributed by atoms with Gasteiger partial charge in [0, 0.05) is 12.6 Å². The Balaban J connectivity index is 1.92. The Morgan fingerprint density at radius 2 is 2.15 bits per heavy atom. The molecule has 1 aromatic carbocycles. The number of benzene rings is 1. The first-order chi connectivity index (χ1) is 12.5. The van der Waals surface area contributed by atoms with E-state index in [4.69, 9.17) is 10.00 Å². The third-order valence-electron chi connectivity index (χ3n) is 4.27. The smallest absolute Gasteiger partial charge is 0.346 e. The Morgan fingerprint density at radius 3 is 2.81 bits per heavy atom. The Labute approximate surface area is 148 Å². The molecule has 0 N–H and O–H groups in total. The van der Waals surface area contributed by atoms with Crippen molar-refractivity contribution in [2.24, 2.45) is 5.92 Å². The van der Waals surface area contributed by atoms with Crippen molar-refractivity contribution in [1.29, 1.82) is 5.26 Å². The highest BCUT2D eigenvalue weighted by Gasteiger charge is 2.28. The molecule has 2 unspecified atom stereocenters. The second-order valence-electron chi connectivity index (χ2n) is 6.08. The van der Waals surface area contributed by atoms with Crippen LogP contribution in [0.4, 0.5) is 8.78 Å². The van der Waals surface area contributed by atoms with Crippen LogP contribution in [0.15, 0.2) is 35.1 Å². The third-order valence-corrected chi connectivity index (χ3v) is 4.27. The summed E-state index contributed by atoms with van der Waals surface area (Å²) in [6.07, 6.45) is 4.00. The average molecular weight is 360 g/mol. The normalized spacial score (nSPS) is 17.8. The molecule has 2 aromatic rings. The number of aromatic nitrogens is 3. The van der Waals surface area contributed by atoms with E-state index in [1.807, 2.05) is 6.92 Å². The van der Waals surface area contributed by atoms with E-state index in [0.717, 1.165) is 6.07 Å². The largest absolute Gasteiger partial charge is 0.371 e. The van der Waals surface area contributed by atoms with Gasteiger partial charge in [0.2, 0.25) is 0 Å². The van der Waals surface area contributed by atoms with E-state index < -0.39 is 17.7 Å². The molecule has 0 amide bonds. The summed E-state index contributed by atoms with van der Waals surface area (Å²) >= 11 is 0. The van der Waals surface area contributed by atoms with Gasteiger partial charge in [0.05, 0.1) is 24.6 Å². The number of allylic oxidation sites excluding steroid dienone is 2. The molecule has 1 aliphatic heterocycles. The Hall–Kier alpha value is -2.79. The SMILES string of the molecule is CC=CC(C#N)CCn1nc2n(c1=O)C(c1cc(F)cc(F)c1)COC2. The summed E-state index contributed by atoms with van der Waals surface area (Å²) in [5.74, 6) is -1.34. The van der Waals surface area contributed by atoms with Crippen LogP contribution in [0, 0.1) is 28.9 Å². The first-order valence-electron chi connectivity index (χ1n) is 8.28. The number of hydrogen-bond acceptors (Lipinski definition) is 4. The summed E-state index contributed by atoms with van der Waals surface area (Å²) in [5, 5.41) is 13.4. The molecular weight excluding hydrogens is 342 g/mol. The first-order valence-corrected chi connectivity index (χ1v) is 8.28. The first kappa shape index (κ1) is 18.0. The lowest BCUT2D eigenvalue weighted by Crippen LogP contribution is -2.34. The lowest BCUT2D eigenvalue weighted by Gasteiger charge is -2.24. The van der Waals surface area contributed by atoms with Gasteiger partial charge in [0.1, 0.15) is 18.2 Å². The van der Waals surface area contributed by atoms with Gasteiger partial charge in [0.25, 0.3) is 0 Å². The monoisotopic (exact) mass is 360 g/mol. The van der Waals surface area contributed by atoms with Crippen LogP contribution in [0.2, 0.25) is 0 Å². The van der Waals surface area contributed by atoms with Gasteiger partial charge in [0.15, 0.2) is 5.82 Å². The minimum Gasteiger partial charge on any atom is -0.371 e. The van der Waals surface area contributed by atoms with Crippen molar-refractivity contribution in [3.63, 3.8) is 0 Å². The van der Waals surface area contributed by atoms with E-state index in [2.05, 4.69) is 11.2 Å². The number of fused-ring (bicyclic) bond motifs is 1. The lowest BCUT2D eigenvalue weighted by atomic mass is 10.1. The lowest BCUT2D eigenvalue weighted by molar-refractivity contribution is 0.0649. The predicted molar refractivity (Wildman–Crippen MR) is 89.2 cm³/mol. The quantitative estimate of drug-likeness (QED) is 0.768. The van der Waals surface area contributed by atoms with Crippen LogP contribution in [0.3, 0.4) is 0 Å². The van der Waals surface area contributed by atoms with Crippen LogP contribution in [0.5, 0.6) is 0 Å². The molecular formula is C18H18F2N4O2. The third kappa shape index (κ3) is 3.58. The summed E-state index contributed by atoms with van der Waals surface area (Å²) in [6, 6.07) is 4.67. The van der Waals surface area contributed by atoms with Gasteiger partial charge in [-0.1, -0.05) is 12.2 Å². The van der Waals surface area contributed by atoms with E-state index in [9.17, 15) is 13.6 Å². The molecule has 1 aromatic heterocycles. The summed E-state index contributed by atoms with van der Waals surface area (Å²) in [7, 11) is 0. The molecule has 2 atom stereocenters. The van der Waals surface area contributed by atoms with E-state index in [1.54, 1.807) is 12.2 Å². The molecule has 2 heterocycles. The standard InChI is InChI=1S/C18H18F2N4O2/c1-2-3-12(9-21)4-5-23-18(25)24-16(10-26-11-17(24)22-23)13-6-14(19)8-15(20)7-13/h2-3,6-8,12,16H,4-5,10-11H2,1H3. The highest BCUT2D eigenvalue weighted by molar-refractivity contribution is 5.23. The van der Waals surface area contributed by atoms with Gasteiger partial charge in [-0.15, -0.1) is 0 Å². The highest BCUT2D eigenvalue weighted by Crippen LogP contribution is 2.24. The van der Waals surface area contributed by atoms with Crippen LogP contribution < -0.4 is 5.69 Å². The molecule has 0 bridgehead atoms. The number of rotatable bonds is 5. The fourth-order valence-corrected chi connectivity index (χ4v) is 3.07. The van der Waals surface area contributed by atoms with Crippen molar-refractivity contribution < 1.29 is 13.5 Å². The molecule has 6 nitrogen and oxygen atoms in total. The predicted octanol–water partition coefficient (Wildman–Crippen LogP) is 2.55. The van der Waals surface area contributed by atoms with E-state index in [0.29, 0.717) is 17.8 Å². The number of halogens is 2. The molecule has 8 heteroatoms. The minimum absolute atomic E-state index is 0.126. The summed E-state index contributed by atoms with van der Waals surface area (Å²) in [6.45, 7) is 2.37. The molecule has 0 saturated heterocycles. The van der Waals surface area contributed by atoms with Crippen molar-refractivity contribution in [1.82, 2.24) is 14.3 Å². The van der Waals surface area contributed by atoms with Crippen molar-refractivity contribution in [2.45, 2.75) is 32.5 Å². The molecule has 0 fully saturated rings. The van der Waals surface area contributed by atoms with Crippen LogP contribution in [0.25, 0.3) is 0 Å². The van der Waals surface area contributed by atoms with Crippen molar-refractivity contribution in [3.05, 3.63) is 63.9 Å². The molecule has 26 heavy (non-hydrogen) atoms. The van der Waals surface area contributed by atoms with Crippen LogP contribution in [0.1, 0.15) is 30.8 Å². The average Bonchev–Trinajstić information content (AvgIpc) is 2.94.